The molecule has 2 rings (SSSR count). The maximum atomic E-state index is 12.5. The van der Waals surface area contributed by atoms with Gasteiger partial charge in [-0.05, 0) is 37.0 Å². The number of rotatable bonds is 7. The smallest absolute Gasteiger partial charge is 0.220 e. The van der Waals surface area contributed by atoms with Crippen LogP contribution in [0.1, 0.15) is 77.0 Å². The van der Waals surface area contributed by atoms with Gasteiger partial charge in [-0.15, -0.1) is 0 Å². The average molecular weight is 325 g/mol. The predicted octanol–water partition coefficient (Wildman–Crippen LogP) is 3.99. The Bertz CT molecular complexity index is 362. The lowest BCUT2D eigenvalue weighted by atomic mass is 9.67. The summed E-state index contributed by atoms with van der Waals surface area (Å²) in [5.41, 5.74) is 0.269. The van der Waals surface area contributed by atoms with E-state index in [1.165, 1.54) is 64.2 Å². The third-order valence-electron chi connectivity index (χ3n) is 6.03. The van der Waals surface area contributed by atoms with Crippen molar-refractivity contribution in [1.82, 2.24) is 5.32 Å². The Kier molecular flexibility index (Phi) is 6.90. The number of carbonyl (C=O) groups excluding carboxylic acids is 1. The van der Waals surface area contributed by atoms with Gasteiger partial charge < -0.3 is 15.2 Å². The summed E-state index contributed by atoms with van der Waals surface area (Å²) >= 11 is 0. The second-order valence-corrected chi connectivity index (χ2v) is 8.44. The lowest BCUT2D eigenvalue weighted by Gasteiger charge is -2.38. The summed E-state index contributed by atoms with van der Waals surface area (Å²) < 4.78 is -0.276. The van der Waals surface area contributed by atoms with Gasteiger partial charge in [-0.3, -0.25) is 4.79 Å². The molecular weight excluding hydrogens is 288 g/mol. The normalized spacial score (nSPS) is 22.7. The summed E-state index contributed by atoms with van der Waals surface area (Å²) in [7, 11) is 3.31. The van der Waals surface area contributed by atoms with Crippen molar-refractivity contribution in [3.05, 3.63) is 5.21 Å². The van der Waals surface area contributed by atoms with Crippen LogP contribution >= 0.6 is 0 Å². The highest BCUT2D eigenvalue weighted by Crippen LogP contribution is 2.50. The van der Waals surface area contributed by atoms with Gasteiger partial charge in [0, 0.05) is 19.4 Å². The molecule has 0 atom stereocenters. The Morgan fingerprint density at radius 2 is 1.70 bits per heavy atom. The van der Waals surface area contributed by atoms with Crippen LogP contribution in [0.25, 0.3) is 0 Å². The SMILES string of the molecule is C[N+](C)([O-])CCCNC(=O)CC1(C2CCCC2)CCCCCC1. The van der Waals surface area contributed by atoms with Gasteiger partial charge in [-0.1, -0.05) is 38.5 Å². The molecule has 0 bridgehead atoms. The molecule has 0 aromatic heterocycles. The quantitative estimate of drug-likeness (QED) is 0.333. The molecule has 0 aromatic rings. The van der Waals surface area contributed by atoms with Crippen molar-refractivity contribution < 1.29 is 9.44 Å². The van der Waals surface area contributed by atoms with Crippen LogP contribution in [0.4, 0.5) is 0 Å². The molecule has 134 valence electrons. The minimum absolute atomic E-state index is 0.218. The molecule has 0 heterocycles. The van der Waals surface area contributed by atoms with Crippen molar-refractivity contribution in [2.24, 2.45) is 11.3 Å². The Labute approximate surface area is 142 Å². The molecule has 0 spiro atoms. The first kappa shape index (κ1) is 18.7. The first-order valence-electron chi connectivity index (χ1n) is 9.72. The molecule has 4 heteroatoms. The summed E-state index contributed by atoms with van der Waals surface area (Å²) in [4.78, 5) is 12.5. The third-order valence-corrected chi connectivity index (χ3v) is 6.03. The highest BCUT2D eigenvalue weighted by Gasteiger charge is 2.41. The fraction of sp³-hybridized carbons (Fsp3) is 0.947. The van der Waals surface area contributed by atoms with Gasteiger partial charge in [0.25, 0.3) is 0 Å². The molecule has 0 radical (unpaired) electrons. The van der Waals surface area contributed by atoms with Gasteiger partial charge in [0.1, 0.15) is 0 Å². The zero-order valence-electron chi connectivity index (χ0n) is 15.2. The molecule has 0 unspecified atom stereocenters. The summed E-state index contributed by atoms with van der Waals surface area (Å²) in [6.07, 6.45) is 14.6. The minimum Gasteiger partial charge on any atom is -0.633 e. The molecule has 0 saturated heterocycles. The van der Waals surface area contributed by atoms with E-state index in [0.29, 0.717) is 19.5 Å². The number of nitrogens with one attached hydrogen (secondary N) is 1. The van der Waals surface area contributed by atoms with E-state index < -0.39 is 0 Å². The van der Waals surface area contributed by atoms with Crippen LogP contribution in [-0.2, 0) is 4.79 Å². The van der Waals surface area contributed by atoms with E-state index in [0.717, 1.165) is 12.3 Å². The lowest BCUT2D eigenvalue weighted by molar-refractivity contribution is -0.840. The Balaban J connectivity index is 1.85. The zero-order valence-corrected chi connectivity index (χ0v) is 15.2. The van der Waals surface area contributed by atoms with E-state index in [4.69, 9.17) is 0 Å². The zero-order chi connectivity index (χ0) is 16.8. The van der Waals surface area contributed by atoms with E-state index in [1.807, 2.05) is 0 Å². The van der Waals surface area contributed by atoms with E-state index >= 15 is 0 Å². The molecule has 0 aromatic carbocycles. The van der Waals surface area contributed by atoms with Crippen LogP contribution in [0.3, 0.4) is 0 Å². The molecule has 2 aliphatic rings. The van der Waals surface area contributed by atoms with Crippen molar-refractivity contribution in [3.63, 3.8) is 0 Å². The van der Waals surface area contributed by atoms with Crippen LogP contribution in [0, 0.1) is 16.5 Å². The first-order chi connectivity index (χ1) is 10.9. The topological polar surface area (TPSA) is 52.2 Å². The Morgan fingerprint density at radius 3 is 2.26 bits per heavy atom. The highest BCUT2D eigenvalue weighted by atomic mass is 16.5. The van der Waals surface area contributed by atoms with Crippen molar-refractivity contribution in [1.29, 1.82) is 0 Å². The van der Waals surface area contributed by atoms with Crippen molar-refractivity contribution in [2.75, 3.05) is 27.2 Å². The number of hydrogen-bond donors (Lipinski definition) is 1. The van der Waals surface area contributed by atoms with Crippen LogP contribution in [0.15, 0.2) is 0 Å². The molecule has 23 heavy (non-hydrogen) atoms. The Hall–Kier alpha value is -0.610. The van der Waals surface area contributed by atoms with E-state index in [-0.39, 0.29) is 16.0 Å². The number of quaternary nitrogens is 1. The summed E-state index contributed by atoms with van der Waals surface area (Å²) in [6, 6.07) is 0. The molecule has 2 saturated carbocycles. The second kappa shape index (κ2) is 8.48. The molecule has 0 aliphatic heterocycles. The number of hydrogen-bond acceptors (Lipinski definition) is 2. The fourth-order valence-corrected chi connectivity index (χ4v) is 4.77. The van der Waals surface area contributed by atoms with Gasteiger partial charge in [0.05, 0.1) is 20.6 Å². The predicted molar refractivity (Wildman–Crippen MR) is 94.7 cm³/mol. The number of hydroxylamine groups is 3. The van der Waals surface area contributed by atoms with Gasteiger partial charge in [-0.2, -0.15) is 0 Å². The van der Waals surface area contributed by atoms with E-state index in [9.17, 15) is 10.0 Å². The standard InChI is InChI=1S/C19H36N2O2/c1-21(2,23)15-9-14-20-18(22)16-19(17-10-5-6-11-17)12-7-3-4-8-13-19/h17H,3-16H2,1-2H3,(H,20,22). The average Bonchev–Trinajstić information content (AvgIpc) is 2.92. The van der Waals surface area contributed by atoms with Crippen molar-refractivity contribution in [3.8, 4) is 0 Å². The summed E-state index contributed by atoms with van der Waals surface area (Å²) in [6.45, 7) is 1.21. The fourth-order valence-electron chi connectivity index (χ4n) is 4.77. The van der Waals surface area contributed by atoms with E-state index in [2.05, 4.69) is 5.32 Å². The Morgan fingerprint density at radius 1 is 1.09 bits per heavy atom. The molecular formula is C19H36N2O2. The lowest BCUT2D eigenvalue weighted by Crippen LogP contribution is -2.38. The van der Waals surface area contributed by atoms with Crippen molar-refractivity contribution in [2.45, 2.75) is 77.0 Å². The summed E-state index contributed by atoms with van der Waals surface area (Å²) in [5.74, 6) is 0.985. The monoisotopic (exact) mass is 324 g/mol. The minimum atomic E-state index is -0.276. The second-order valence-electron chi connectivity index (χ2n) is 8.44. The van der Waals surface area contributed by atoms with Gasteiger partial charge in [0.15, 0.2) is 0 Å². The van der Waals surface area contributed by atoms with Gasteiger partial charge in [-0.25, -0.2) is 0 Å². The summed E-state index contributed by atoms with van der Waals surface area (Å²) in [5, 5.41) is 14.6. The molecule has 1 amide bonds. The highest BCUT2D eigenvalue weighted by molar-refractivity contribution is 5.76. The van der Waals surface area contributed by atoms with Gasteiger partial charge >= 0.3 is 0 Å². The number of amides is 1. The van der Waals surface area contributed by atoms with Crippen LogP contribution in [0.2, 0.25) is 0 Å². The van der Waals surface area contributed by atoms with Crippen LogP contribution in [-0.4, -0.2) is 37.7 Å². The maximum Gasteiger partial charge on any atom is 0.220 e. The number of carbonyl (C=O) groups is 1. The molecule has 4 nitrogen and oxygen atoms in total. The van der Waals surface area contributed by atoms with Gasteiger partial charge in [0.2, 0.25) is 5.91 Å². The molecule has 2 aliphatic carbocycles. The largest absolute Gasteiger partial charge is 0.633 e. The number of nitrogens with zero attached hydrogens (tertiary/aromatic N) is 1. The third kappa shape index (κ3) is 6.07. The van der Waals surface area contributed by atoms with Crippen molar-refractivity contribution >= 4 is 5.91 Å². The first-order valence-corrected chi connectivity index (χ1v) is 9.72. The van der Waals surface area contributed by atoms with Crippen LogP contribution < -0.4 is 5.32 Å². The van der Waals surface area contributed by atoms with Crippen LogP contribution in [0.5, 0.6) is 0 Å². The maximum absolute atomic E-state index is 12.5. The molecule has 2 fully saturated rings. The van der Waals surface area contributed by atoms with E-state index in [1.54, 1.807) is 14.1 Å². The molecule has 1 N–H and O–H groups in total.